The molecule has 6 nitrogen and oxygen atoms in total. The van der Waals surface area contributed by atoms with E-state index < -0.39 is 68.3 Å². The maximum absolute atomic E-state index is 6.25. The van der Waals surface area contributed by atoms with Crippen LogP contribution in [0.5, 0.6) is 0 Å². The predicted molar refractivity (Wildman–Crippen MR) is 123 cm³/mol. The summed E-state index contributed by atoms with van der Waals surface area (Å²) >= 11 is -0.630. The first kappa shape index (κ1) is 70.4. The molecule has 0 unspecified atom stereocenters. The van der Waals surface area contributed by atoms with Crippen LogP contribution >= 0.6 is 158 Å². The average Bonchev–Trinajstić information content (AvgIpc) is 2.53. The normalized spacial score (nSPS) is 7.79. The van der Waals surface area contributed by atoms with Crippen LogP contribution in [-0.4, -0.2) is 0 Å². The summed E-state index contributed by atoms with van der Waals surface area (Å²) in [6.07, 6.45) is 0. The fourth-order valence-corrected chi connectivity index (χ4v) is 0. The molecule has 0 saturated carbocycles. The summed E-state index contributed by atoms with van der Waals surface area (Å²) in [5.74, 6) is 0. The maximum atomic E-state index is 6.25. The monoisotopic (exact) mass is 1630 g/mol. The molecule has 6 N–H and O–H groups in total. The molecule has 0 spiro atoms. The molecule has 0 radical (unpaired) electrons. The number of rotatable bonds is 0. The van der Waals surface area contributed by atoms with Crippen LogP contribution in [0.1, 0.15) is 0 Å². The molecule has 0 aliphatic carbocycles. The third-order valence-electron chi connectivity index (χ3n) is 0. The number of hydrogen-bond donors (Lipinski definition) is 0. The van der Waals surface area contributed by atoms with Crippen LogP contribution in [-0.2, 0) is 68.3 Å². The Kier molecular flexibility index (Phi) is 224. The third-order valence-corrected chi connectivity index (χ3v) is 0. The van der Waals surface area contributed by atoms with Gasteiger partial charge in [0, 0.05) is 0 Å². The quantitative estimate of drug-likeness (QED) is 0.221. The Balaban J connectivity index is -0.0000000142. The summed E-state index contributed by atoms with van der Waals surface area (Å²) in [5, 5.41) is 22.9. The molecule has 0 aromatic heterocycles. The molecule has 0 aromatic carbocycles. The Labute approximate surface area is 267 Å². The van der Waals surface area contributed by atoms with Gasteiger partial charge in [-0.1, -0.05) is 0 Å². The molecule has 0 amide bonds. The van der Waals surface area contributed by atoms with E-state index in [0.717, 1.165) is 0 Å². The van der Waals surface area contributed by atoms with E-state index >= 15 is 0 Å². The van der Waals surface area contributed by atoms with Gasteiger partial charge in [-0.2, -0.15) is 0 Å². The summed E-state index contributed by atoms with van der Waals surface area (Å²) in [6, 6.07) is 0. The Morgan fingerprint density at radius 3 is 0.552 bits per heavy atom. The molecule has 0 fully saturated rings. The first-order valence-electron chi connectivity index (χ1n) is 2.70. The van der Waals surface area contributed by atoms with Gasteiger partial charge < -0.3 is 46.5 Å². The zero-order chi connectivity index (χ0) is 25.1. The van der Waals surface area contributed by atoms with Crippen LogP contribution < -0.4 is 0 Å². The summed E-state index contributed by atoms with van der Waals surface area (Å²) in [6.45, 7) is 9.50. The molecule has 0 heterocycles. The fraction of sp³-hybridized carbons (Fsp3) is 0. The van der Waals surface area contributed by atoms with Crippen molar-refractivity contribution in [2.75, 3.05) is 0 Å². The van der Waals surface area contributed by atoms with Crippen molar-refractivity contribution in [1.82, 2.24) is 0 Å². The Hall–Kier alpha value is 6.64. The minimum atomic E-state index is -3.17. The van der Waals surface area contributed by atoms with E-state index in [9.17, 15) is 0 Å². The number of hydrogen-bond acceptors (Lipinski definition) is 2. The van der Waals surface area contributed by atoms with Crippen molar-refractivity contribution in [3.05, 3.63) is 36.0 Å². The first-order valence-corrected chi connectivity index (χ1v) is 47.5. The van der Waals surface area contributed by atoms with Crippen LogP contribution in [0, 0.1) is 23.7 Å². The van der Waals surface area contributed by atoms with Gasteiger partial charge in [0.15, 0.2) is 0 Å². The molecular formula is C2H6Cl16N6Os5-6. The Morgan fingerprint density at radius 1 is 0.552 bits per heavy atom. The predicted octanol–water partition coefficient (Wildman–Crippen LogP) is 13.7. The first-order chi connectivity index (χ1) is 12.3. The molecule has 0 bridgehead atoms. The van der Waals surface area contributed by atoms with Gasteiger partial charge in [-0.05, 0) is 0 Å². The van der Waals surface area contributed by atoms with E-state index in [4.69, 9.17) is 169 Å². The minimum Gasteiger partial charge on any atom is -0.693 e. The van der Waals surface area contributed by atoms with Crippen molar-refractivity contribution < 1.29 is 68.3 Å². The van der Waals surface area contributed by atoms with Gasteiger partial charge >= 0.3 is 203 Å². The summed E-state index contributed by atoms with van der Waals surface area (Å²) in [4.78, 5) is 0. The van der Waals surface area contributed by atoms with Crippen molar-refractivity contribution in [2.45, 2.75) is 0 Å². The zero-order valence-corrected chi connectivity index (χ0v) is 36.7. The largest absolute Gasteiger partial charge is 0.693 e. The van der Waals surface area contributed by atoms with Crippen LogP contribution in [0.4, 0.5) is 0 Å². The van der Waals surface area contributed by atoms with Crippen LogP contribution in [0.3, 0.4) is 0 Å². The smallest absolute Gasteiger partial charge is 0.272 e. The molecule has 0 aromatic rings. The minimum absolute atomic E-state index is 0. The Morgan fingerprint density at radius 2 is 0.552 bits per heavy atom. The van der Waals surface area contributed by atoms with Crippen molar-refractivity contribution in [3.63, 3.8) is 0 Å². The van der Waals surface area contributed by atoms with Gasteiger partial charge in [-0.3, -0.25) is 23.6 Å². The number of halogens is 16. The van der Waals surface area contributed by atoms with Crippen molar-refractivity contribution in [3.8, 4) is 0 Å². The van der Waals surface area contributed by atoms with Gasteiger partial charge in [0.2, 0.25) is 0 Å². The van der Waals surface area contributed by atoms with Gasteiger partial charge in [-0.25, -0.2) is 0 Å². The topological polar surface area (TPSA) is 162 Å². The van der Waals surface area contributed by atoms with Crippen LogP contribution in [0.25, 0.3) is 22.8 Å². The van der Waals surface area contributed by atoms with E-state index in [-0.39, 0.29) is 12.3 Å². The van der Waals surface area contributed by atoms with Crippen molar-refractivity contribution in [1.29, 1.82) is 10.5 Å². The van der Waals surface area contributed by atoms with E-state index in [1.165, 1.54) is 0 Å². The molecule has 0 aliphatic rings. The van der Waals surface area contributed by atoms with E-state index in [2.05, 4.69) is 23.6 Å². The standard InChI is InChI=1S/2CN.2ClHN.14ClH.2H2N.5Os/c4*1-2;;;;;;;;;;;;;;;;;;;;;/h;;2*2H;14*1H;2*1H2;;;;;/q4*-1;;;;;;;;;;;;;;;2*-1;2*+2;2*+3;+4/p-14. The molecule has 0 rings (SSSR count). The van der Waals surface area contributed by atoms with Gasteiger partial charge in [0.25, 0.3) is 0 Å². The average molecular weight is 1630 g/mol. The van der Waals surface area contributed by atoms with E-state index in [0.29, 0.717) is 0 Å². The van der Waals surface area contributed by atoms with Crippen LogP contribution in [0.15, 0.2) is 0 Å². The molecule has 0 saturated heterocycles. The number of nitrogens with one attached hydrogen (secondary N) is 2. The SMILES string of the molecule is [C-]#N.[C-]#N.[Cl][Os]([Cl])([Cl])[Cl].[Cl][Os]([Cl])[Cl].[Cl][Os]([Cl])[Cl].[Cl][Os][Cl].[Cl][Os][Cl].[NH-]Cl.[NH-]Cl.[NH2-].[NH2-]. The summed E-state index contributed by atoms with van der Waals surface area (Å²) < 4.78 is 0. The molecule has 0 atom stereocenters. The Bertz CT molecular complexity index is 172. The molecule has 29 heavy (non-hydrogen) atoms. The van der Waals surface area contributed by atoms with Gasteiger partial charge in [0.1, 0.15) is 0 Å². The van der Waals surface area contributed by atoms with Crippen molar-refractivity contribution >= 4 is 158 Å². The fourth-order valence-electron chi connectivity index (χ4n) is 0. The second-order valence-corrected chi connectivity index (χ2v) is 52.1. The van der Waals surface area contributed by atoms with Crippen LogP contribution in [0.2, 0.25) is 0 Å². The molecule has 202 valence electrons. The maximum Gasteiger partial charge on any atom is -0.272 e. The van der Waals surface area contributed by atoms with Gasteiger partial charge in [0.05, 0.1) is 0 Å². The van der Waals surface area contributed by atoms with Crippen molar-refractivity contribution in [2.24, 2.45) is 0 Å². The van der Waals surface area contributed by atoms with E-state index in [1.54, 1.807) is 0 Å². The number of nitrogens with zero attached hydrogens (tertiary/aromatic N) is 2. The van der Waals surface area contributed by atoms with Gasteiger partial charge in [-0.15, -0.1) is 0 Å². The summed E-state index contributed by atoms with van der Waals surface area (Å²) in [5.41, 5.74) is 0. The third kappa shape index (κ3) is 837. The van der Waals surface area contributed by atoms with E-state index in [1.807, 2.05) is 0 Å². The molecule has 27 heteroatoms. The zero-order valence-electron chi connectivity index (χ0n) is 11.9. The second-order valence-electron chi connectivity index (χ2n) is 0.707. The number of nitrogens with two attached hydrogens (primary N) is 2. The molecule has 0 aliphatic heterocycles. The summed E-state index contributed by atoms with van der Waals surface area (Å²) in [7, 11) is 69.6. The molecular weight excluding hydrogens is 1630 g/mol. The second kappa shape index (κ2) is 92.0.